The molecule has 0 spiro atoms. The highest BCUT2D eigenvalue weighted by Gasteiger charge is 2.25. The fourth-order valence-electron chi connectivity index (χ4n) is 3.62. The second-order valence-electron chi connectivity index (χ2n) is 6.46. The maximum absolute atomic E-state index is 5.64. The molecule has 1 aromatic rings. The molecule has 2 aliphatic rings. The van der Waals surface area contributed by atoms with Gasteiger partial charge in [-0.15, -0.1) is 0 Å². The van der Waals surface area contributed by atoms with Crippen LogP contribution in [0.3, 0.4) is 0 Å². The summed E-state index contributed by atoms with van der Waals surface area (Å²) in [5, 5.41) is 7.69. The van der Waals surface area contributed by atoms with E-state index in [0.717, 1.165) is 30.5 Å². The largest absolute Gasteiger partial charge is 0.468 e. The Hall–Kier alpha value is -1.07. The fraction of sp³-hybridized carbons (Fsp3) is 0.706. The zero-order valence-corrected chi connectivity index (χ0v) is 14.0. The van der Waals surface area contributed by atoms with E-state index in [4.69, 9.17) is 16.6 Å². The topological polar surface area (TPSA) is 40.4 Å². The highest BCUT2D eigenvalue weighted by molar-refractivity contribution is 7.80. The van der Waals surface area contributed by atoms with Crippen molar-refractivity contribution >= 4 is 17.3 Å². The van der Waals surface area contributed by atoms with Crippen LogP contribution < -0.4 is 10.6 Å². The first-order chi connectivity index (χ1) is 10.8. The average Bonchev–Trinajstić information content (AvgIpc) is 3.22. The van der Waals surface area contributed by atoms with E-state index in [0.29, 0.717) is 6.04 Å². The molecule has 5 heteroatoms. The van der Waals surface area contributed by atoms with Gasteiger partial charge >= 0.3 is 0 Å². The van der Waals surface area contributed by atoms with Crippen molar-refractivity contribution in [3.63, 3.8) is 0 Å². The van der Waals surface area contributed by atoms with Gasteiger partial charge in [-0.1, -0.05) is 19.3 Å². The van der Waals surface area contributed by atoms with Crippen LogP contribution in [0.1, 0.15) is 56.7 Å². The zero-order chi connectivity index (χ0) is 15.2. The molecule has 0 unspecified atom stereocenters. The predicted octanol–water partition coefficient (Wildman–Crippen LogP) is 3.21. The first-order valence-corrected chi connectivity index (χ1v) is 9.05. The average molecular weight is 321 g/mol. The van der Waals surface area contributed by atoms with Crippen LogP contribution in [0, 0.1) is 0 Å². The number of nitrogens with one attached hydrogen (secondary N) is 2. The van der Waals surface area contributed by atoms with Crippen LogP contribution in [-0.2, 0) is 0 Å². The first-order valence-electron chi connectivity index (χ1n) is 8.65. The van der Waals surface area contributed by atoms with E-state index in [1.807, 2.05) is 6.07 Å². The number of thiocarbonyl (C=S) groups is 1. The third-order valence-corrected chi connectivity index (χ3v) is 5.11. The molecule has 1 saturated carbocycles. The number of nitrogens with zero attached hydrogens (tertiary/aromatic N) is 1. The Morgan fingerprint density at radius 1 is 1.23 bits per heavy atom. The van der Waals surface area contributed by atoms with Crippen molar-refractivity contribution in [3.05, 3.63) is 24.2 Å². The molecule has 1 atom stereocenters. The van der Waals surface area contributed by atoms with Gasteiger partial charge in [0.1, 0.15) is 5.76 Å². The molecule has 1 saturated heterocycles. The van der Waals surface area contributed by atoms with Crippen LogP contribution in [0.4, 0.5) is 0 Å². The highest BCUT2D eigenvalue weighted by atomic mass is 32.1. The minimum atomic E-state index is 0.281. The van der Waals surface area contributed by atoms with E-state index < -0.39 is 0 Å². The number of likely N-dealkylation sites (tertiary alicyclic amines) is 1. The summed E-state index contributed by atoms with van der Waals surface area (Å²) in [5.74, 6) is 1.04. The number of hydrogen-bond acceptors (Lipinski definition) is 3. The Morgan fingerprint density at radius 2 is 2.00 bits per heavy atom. The minimum absolute atomic E-state index is 0.281. The van der Waals surface area contributed by atoms with Crippen molar-refractivity contribution in [2.75, 3.05) is 19.6 Å². The summed E-state index contributed by atoms with van der Waals surface area (Å²) < 4.78 is 5.64. The summed E-state index contributed by atoms with van der Waals surface area (Å²) in [6, 6.07) is 4.88. The second-order valence-corrected chi connectivity index (χ2v) is 6.87. The van der Waals surface area contributed by atoms with Crippen molar-refractivity contribution in [1.82, 2.24) is 15.5 Å². The number of hydrogen-bond donors (Lipinski definition) is 2. The zero-order valence-electron chi connectivity index (χ0n) is 13.2. The summed E-state index contributed by atoms with van der Waals surface area (Å²) in [6.45, 7) is 3.11. The lowest BCUT2D eigenvalue weighted by Crippen LogP contribution is -2.45. The Balaban J connectivity index is 1.51. The van der Waals surface area contributed by atoms with Crippen molar-refractivity contribution in [1.29, 1.82) is 0 Å². The monoisotopic (exact) mass is 321 g/mol. The van der Waals surface area contributed by atoms with Crippen molar-refractivity contribution in [2.45, 2.75) is 57.0 Å². The van der Waals surface area contributed by atoms with Crippen molar-refractivity contribution in [3.8, 4) is 0 Å². The smallest absolute Gasteiger partial charge is 0.166 e. The molecular weight excluding hydrogens is 294 g/mol. The van der Waals surface area contributed by atoms with E-state index in [-0.39, 0.29) is 6.04 Å². The SMILES string of the molecule is S=C(NC[C@@H](c1ccco1)N1CCCC1)NC1CCCCC1. The maximum Gasteiger partial charge on any atom is 0.166 e. The molecular formula is C17H27N3OS. The standard InChI is InChI=1S/C17H27N3OS/c22-17(19-14-7-2-1-3-8-14)18-13-15(16-9-6-12-21-16)20-10-4-5-11-20/h6,9,12,14-15H,1-5,7-8,10-11,13H2,(H2,18,19,22)/t15-/m0/s1. The summed E-state index contributed by atoms with van der Waals surface area (Å²) in [5.41, 5.74) is 0. The van der Waals surface area contributed by atoms with Gasteiger partial charge in [0.15, 0.2) is 5.11 Å². The van der Waals surface area contributed by atoms with Crippen LogP contribution in [0.2, 0.25) is 0 Å². The molecule has 0 bridgehead atoms. The van der Waals surface area contributed by atoms with Crippen LogP contribution >= 0.6 is 12.2 Å². The number of furan rings is 1. The van der Waals surface area contributed by atoms with Crippen LogP contribution in [0.15, 0.2) is 22.8 Å². The van der Waals surface area contributed by atoms with Gasteiger partial charge in [-0.05, 0) is 63.1 Å². The van der Waals surface area contributed by atoms with Gasteiger partial charge in [-0.3, -0.25) is 4.90 Å². The lowest BCUT2D eigenvalue weighted by molar-refractivity contribution is 0.215. The molecule has 3 rings (SSSR count). The van der Waals surface area contributed by atoms with Crippen molar-refractivity contribution < 1.29 is 4.42 Å². The number of rotatable bonds is 5. The molecule has 4 nitrogen and oxygen atoms in total. The third kappa shape index (κ3) is 4.23. The third-order valence-electron chi connectivity index (χ3n) is 4.85. The minimum Gasteiger partial charge on any atom is -0.468 e. The molecule has 2 N–H and O–H groups in total. The van der Waals surface area contributed by atoms with Crippen LogP contribution in [0.5, 0.6) is 0 Å². The molecule has 2 fully saturated rings. The molecule has 122 valence electrons. The molecule has 1 aliphatic carbocycles. The molecule has 0 amide bonds. The first kappa shape index (κ1) is 15.8. The molecule has 2 heterocycles. The molecule has 0 aromatic carbocycles. The van der Waals surface area contributed by atoms with Crippen LogP contribution in [-0.4, -0.2) is 35.7 Å². The summed E-state index contributed by atoms with van der Waals surface area (Å²) in [4.78, 5) is 2.50. The van der Waals surface area contributed by atoms with Gasteiger partial charge in [-0.25, -0.2) is 0 Å². The molecule has 1 aromatic heterocycles. The second kappa shape index (κ2) is 7.97. The van der Waals surface area contributed by atoms with Gasteiger partial charge in [0.2, 0.25) is 0 Å². The molecule has 1 aliphatic heterocycles. The van der Waals surface area contributed by atoms with Gasteiger partial charge in [0.25, 0.3) is 0 Å². The normalized spacial score (nSPS) is 21.6. The lowest BCUT2D eigenvalue weighted by atomic mass is 9.96. The van der Waals surface area contributed by atoms with Gasteiger partial charge in [0, 0.05) is 12.6 Å². The maximum atomic E-state index is 5.64. The van der Waals surface area contributed by atoms with E-state index >= 15 is 0 Å². The van der Waals surface area contributed by atoms with Gasteiger partial charge < -0.3 is 15.1 Å². The lowest BCUT2D eigenvalue weighted by Gasteiger charge is -2.28. The quantitative estimate of drug-likeness (QED) is 0.815. The van der Waals surface area contributed by atoms with E-state index in [1.54, 1.807) is 6.26 Å². The van der Waals surface area contributed by atoms with Gasteiger partial charge in [-0.2, -0.15) is 0 Å². The summed E-state index contributed by atoms with van der Waals surface area (Å²) in [7, 11) is 0. The summed E-state index contributed by atoms with van der Waals surface area (Å²) >= 11 is 5.49. The Kier molecular flexibility index (Phi) is 5.73. The van der Waals surface area contributed by atoms with E-state index in [9.17, 15) is 0 Å². The summed E-state index contributed by atoms with van der Waals surface area (Å²) in [6.07, 6.45) is 10.8. The Bertz CT molecular complexity index is 450. The van der Waals surface area contributed by atoms with Gasteiger partial charge in [0.05, 0.1) is 12.3 Å². The predicted molar refractivity (Wildman–Crippen MR) is 92.9 cm³/mol. The fourth-order valence-corrected chi connectivity index (χ4v) is 3.87. The van der Waals surface area contributed by atoms with Crippen molar-refractivity contribution in [2.24, 2.45) is 0 Å². The van der Waals surface area contributed by atoms with E-state index in [1.165, 1.54) is 44.9 Å². The Morgan fingerprint density at radius 3 is 2.68 bits per heavy atom. The molecule has 0 radical (unpaired) electrons. The van der Waals surface area contributed by atoms with Crippen LogP contribution in [0.25, 0.3) is 0 Å². The Labute approximate surface area is 138 Å². The molecule has 22 heavy (non-hydrogen) atoms. The van der Waals surface area contributed by atoms with E-state index in [2.05, 4.69) is 21.6 Å². The highest BCUT2D eigenvalue weighted by Crippen LogP contribution is 2.25.